The zero-order chi connectivity index (χ0) is 22.6. The Hall–Kier alpha value is -2.44. The molecule has 0 amide bonds. The quantitative estimate of drug-likeness (QED) is 0.455. The number of aromatic nitrogens is 2. The largest absolute Gasteiger partial charge is 0.333 e. The van der Waals surface area contributed by atoms with E-state index in [1.165, 1.54) is 13.1 Å². The lowest BCUT2D eigenvalue weighted by atomic mass is 9.91. The van der Waals surface area contributed by atoms with Crippen molar-refractivity contribution in [2.75, 3.05) is 18.5 Å². The van der Waals surface area contributed by atoms with Crippen LogP contribution in [0.15, 0.2) is 43.1 Å². The Morgan fingerprint density at radius 1 is 1.33 bits per heavy atom. The minimum absolute atomic E-state index is 0.132. The van der Waals surface area contributed by atoms with E-state index < -0.39 is 11.6 Å². The molecule has 1 unspecified atom stereocenters. The van der Waals surface area contributed by atoms with E-state index in [4.69, 9.17) is 11.6 Å². The Bertz CT molecular complexity index is 978. The number of fused-ring (bicyclic) bond motifs is 1. The van der Waals surface area contributed by atoms with Crippen LogP contribution in [0.25, 0.3) is 11.3 Å². The van der Waals surface area contributed by atoms with Crippen LogP contribution in [-0.2, 0) is 6.54 Å². The Balaban J connectivity index is 0.00000155. The minimum atomic E-state index is -0.801. The normalized spacial score (nSPS) is 14.5. The van der Waals surface area contributed by atoms with Crippen LogP contribution < -0.4 is 10.6 Å². The number of nitrogens with zero attached hydrogens (tertiary/aromatic N) is 3. The molecule has 0 spiro atoms. The summed E-state index contributed by atoms with van der Waals surface area (Å²) in [6.07, 6.45) is 4.65. The second-order valence-electron chi connectivity index (χ2n) is 7.02. The van der Waals surface area contributed by atoms with Gasteiger partial charge in [-0.25, -0.2) is 13.5 Å². The SMILES string of the molecule is C=C/C(=C(\C)c1cnn2c1N(C(=C)c1c(F)ccc(Cl)c1F)CC2)C(C)CC.CN. The van der Waals surface area contributed by atoms with Crippen LogP contribution in [0.3, 0.4) is 0 Å². The van der Waals surface area contributed by atoms with Gasteiger partial charge in [-0.1, -0.05) is 44.7 Å². The van der Waals surface area contributed by atoms with E-state index in [0.717, 1.165) is 35.0 Å². The molecule has 0 fully saturated rings. The molecule has 0 saturated carbocycles. The maximum absolute atomic E-state index is 14.6. The van der Waals surface area contributed by atoms with Crippen molar-refractivity contribution in [2.24, 2.45) is 11.7 Å². The first kappa shape index (κ1) is 23.8. The van der Waals surface area contributed by atoms with Gasteiger partial charge in [0.15, 0.2) is 5.82 Å². The molecule has 0 radical (unpaired) electrons. The third-order valence-electron chi connectivity index (χ3n) is 5.46. The molecule has 1 aromatic heterocycles. The lowest BCUT2D eigenvalue weighted by molar-refractivity contribution is 0.576. The summed E-state index contributed by atoms with van der Waals surface area (Å²) >= 11 is 5.87. The maximum atomic E-state index is 14.6. The van der Waals surface area contributed by atoms with Crippen molar-refractivity contribution in [3.8, 4) is 0 Å². The van der Waals surface area contributed by atoms with Crippen LogP contribution in [0.1, 0.15) is 38.3 Å². The zero-order valence-electron chi connectivity index (χ0n) is 18.0. The molecule has 1 aromatic carbocycles. The van der Waals surface area contributed by atoms with E-state index in [1.54, 1.807) is 11.1 Å². The number of halogens is 3. The van der Waals surface area contributed by atoms with Gasteiger partial charge in [0, 0.05) is 17.8 Å². The van der Waals surface area contributed by atoms with Crippen molar-refractivity contribution in [3.05, 3.63) is 70.9 Å². The molecule has 2 N–H and O–H groups in total. The lowest BCUT2D eigenvalue weighted by Gasteiger charge is -2.23. The molecule has 7 heteroatoms. The van der Waals surface area contributed by atoms with Crippen molar-refractivity contribution in [1.82, 2.24) is 9.78 Å². The van der Waals surface area contributed by atoms with Gasteiger partial charge < -0.3 is 10.6 Å². The summed E-state index contributed by atoms with van der Waals surface area (Å²) < 4.78 is 30.8. The molecule has 3 rings (SSSR count). The maximum Gasteiger partial charge on any atom is 0.154 e. The molecule has 0 bridgehead atoms. The van der Waals surface area contributed by atoms with Crippen LogP contribution in [0.5, 0.6) is 0 Å². The summed E-state index contributed by atoms with van der Waals surface area (Å²) in [7, 11) is 1.50. The molecule has 30 heavy (non-hydrogen) atoms. The molecule has 1 aliphatic heterocycles. The zero-order valence-corrected chi connectivity index (χ0v) is 18.7. The predicted molar refractivity (Wildman–Crippen MR) is 122 cm³/mol. The summed E-state index contributed by atoms with van der Waals surface area (Å²) in [5.74, 6) is -0.368. The molecular weight excluding hydrogens is 406 g/mol. The number of nitrogens with two attached hydrogens (primary N) is 1. The van der Waals surface area contributed by atoms with Crippen molar-refractivity contribution in [2.45, 2.75) is 33.7 Å². The average molecular weight is 435 g/mol. The highest BCUT2D eigenvalue weighted by molar-refractivity contribution is 6.31. The van der Waals surface area contributed by atoms with Crippen LogP contribution >= 0.6 is 11.6 Å². The van der Waals surface area contributed by atoms with Crippen LogP contribution in [0.4, 0.5) is 14.6 Å². The third kappa shape index (κ3) is 4.20. The van der Waals surface area contributed by atoms with Gasteiger partial charge >= 0.3 is 0 Å². The van der Waals surface area contributed by atoms with Crippen LogP contribution in [-0.4, -0.2) is 23.4 Å². The van der Waals surface area contributed by atoms with E-state index in [2.05, 4.69) is 37.8 Å². The van der Waals surface area contributed by atoms with E-state index in [9.17, 15) is 8.78 Å². The van der Waals surface area contributed by atoms with Gasteiger partial charge in [-0.2, -0.15) is 5.10 Å². The van der Waals surface area contributed by atoms with Gasteiger partial charge in [0.1, 0.15) is 11.6 Å². The molecule has 0 aliphatic carbocycles. The van der Waals surface area contributed by atoms with E-state index in [-0.39, 0.29) is 16.3 Å². The monoisotopic (exact) mass is 434 g/mol. The van der Waals surface area contributed by atoms with Gasteiger partial charge in [0.05, 0.1) is 23.3 Å². The number of rotatable bonds is 6. The third-order valence-corrected chi connectivity index (χ3v) is 5.75. The van der Waals surface area contributed by atoms with E-state index in [0.29, 0.717) is 19.0 Å². The summed E-state index contributed by atoms with van der Waals surface area (Å²) in [6.45, 7) is 15.4. The molecule has 1 aliphatic rings. The Morgan fingerprint density at radius 2 is 2.00 bits per heavy atom. The average Bonchev–Trinajstić information content (AvgIpc) is 3.35. The number of hydrogen-bond acceptors (Lipinski definition) is 3. The smallest absolute Gasteiger partial charge is 0.154 e. The van der Waals surface area contributed by atoms with Gasteiger partial charge in [0.2, 0.25) is 0 Å². The fourth-order valence-electron chi connectivity index (χ4n) is 3.68. The van der Waals surface area contributed by atoms with E-state index >= 15 is 0 Å². The topological polar surface area (TPSA) is 47.1 Å². The molecular formula is C23H29ClF2N4. The van der Waals surface area contributed by atoms with Crippen molar-refractivity contribution in [3.63, 3.8) is 0 Å². The van der Waals surface area contributed by atoms with Gasteiger partial charge in [0.25, 0.3) is 0 Å². The van der Waals surface area contributed by atoms with Gasteiger partial charge in [-0.05, 0) is 49.6 Å². The Morgan fingerprint density at radius 3 is 2.60 bits per heavy atom. The highest BCUT2D eigenvalue weighted by Crippen LogP contribution is 2.39. The second kappa shape index (κ2) is 10.0. The fourth-order valence-corrected chi connectivity index (χ4v) is 3.84. The molecule has 2 heterocycles. The highest BCUT2D eigenvalue weighted by atomic mass is 35.5. The molecule has 0 saturated heterocycles. The summed E-state index contributed by atoms with van der Waals surface area (Å²) in [5.41, 5.74) is 7.63. The van der Waals surface area contributed by atoms with E-state index in [1.807, 2.05) is 17.7 Å². The van der Waals surface area contributed by atoms with Crippen LogP contribution in [0, 0.1) is 17.6 Å². The van der Waals surface area contributed by atoms with Gasteiger partial charge in [-0.15, -0.1) is 0 Å². The Kier molecular flexibility index (Phi) is 7.98. The molecule has 4 nitrogen and oxygen atoms in total. The molecule has 1 atom stereocenters. The molecule has 2 aromatic rings. The number of benzene rings is 1. The van der Waals surface area contributed by atoms with Crippen molar-refractivity contribution in [1.29, 1.82) is 0 Å². The van der Waals surface area contributed by atoms with Crippen molar-refractivity contribution >= 4 is 28.7 Å². The first-order valence-electron chi connectivity index (χ1n) is 9.89. The first-order chi connectivity index (χ1) is 14.3. The van der Waals surface area contributed by atoms with Crippen LogP contribution in [0.2, 0.25) is 5.02 Å². The molecule has 162 valence electrons. The summed E-state index contributed by atoms with van der Waals surface area (Å²) in [4.78, 5) is 1.81. The minimum Gasteiger partial charge on any atom is -0.333 e. The Labute approximate surface area is 182 Å². The van der Waals surface area contributed by atoms with Gasteiger partial charge in [-0.3, -0.25) is 0 Å². The summed E-state index contributed by atoms with van der Waals surface area (Å²) in [5, 5.41) is 4.33. The first-order valence-corrected chi connectivity index (χ1v) is 10.3. The number of hydrogen-bond donors (Lipinski definition) is 1. The second-order valence-corrected chi connectivity index (χ2v) is 7.42. The number of anilines is 1. The summed E-state index contributed by atoms with van der Waals surface area (Å²) in [6, 6.07) is 2.36. The standard InChI is InChI=1S/C22H24ClF2N3.CH5N/c1-6-13(3)16(7-2)14(4)17-12-26-28-11-10-27(22(17)28)15(5)20-19(24)9-8-18(23)21(20)25;1-2/h7-9,12-13H,2,5-6,10-11H2,1,3-4H3;2H2,1H3/b16-14-;. The van der Waals surface area contributed by atoms with Crippen molar-refractivity contribution < 1.29 is 8.78 Å². The fraction of sp³-hybridized carbons (Fsp3) is 0.348. The number of allylic oxidation sites excluding steroid dienone is 3. The predicted octanol–water partition coefficient (Wildman–Crippen LogP) is 5.89. The lowest BCUT2D eigenvalue weighted by Crippen LogP contribution is -2.20. The highest BCUT2D eigenvalue weighted by Gasteiger charge is 2.30.